The number of aromatic nitrogens is 1. The van der Waals surface area contributed by atoms with Crippen molar-refractivity contribution >= 4 is 22.6 Å². The van der Waals surface area contributed by atoms with E-state index in [0.29, 0.717) is 3.70 Å². The third kappa shape index (κ3) is 1.44. The first-order chi connectivity index (χ1) is 4.20. The van der Waals surface area contributed by atoms with Crippen molar-refractivity contribution in [3.8, 4) is 0 Å². The standard InChI is InChI=1S/C5H4INO2/c6-5-3-4(8)1-2-7(5)9/h1-3,9H. The zero-order valence-electron chi connectivity index (χ0n) is 4.41. The Bertz CT molecular complexity index is 268. The van der Waals surface area contributed by atoms with Gasteiger partial charge in [0.2, 0.25) is 0 Å². The van der Waals surface area contributed by atoms with E-state index in [1.165, 1.54) is 18.3 Å². The molecule has 9 heavy (non-hydrogen) atoms. The van der Waals surface area contributed by atoms with Crippen molar-refractivity contribution in [2.24, 2.45) is 0 Å². The molecule has 1 heterocycles. The van der Waals surface area contributed by atoms with Crippen LogP contribution in [0.25, 0.3) is 0 Å². The second-order valence-corrected chi connectivity index (χ2v) is 2.63. The summed E-state index contributed by atoms with van der Waals surface area (Å²) in [6.45, 7) is 0. The van der Waals surface area contributed by atoms with E-state index in [0.717, 1.165) is 4.73 Å². The summed E-state index contributed by atoms with van der Waals surface area (Å²) in [5.74, 6) is 0. The molecule has 48 valence electrons. The average Bonchev–Trinajstić information content (AvgIpc) is 1.80. The van der Waals surface area contributed by atoms with E-state index in [-0.39, 0.29) is 5.43 Å². The van der Waals surface area contributed by atoms with Gasteiger partial charge in [-0.1, -0.05) is 0 Å². The summed E-state index contributed by atoms with van der Waals surface area (Å²) in [6.07, 6.45) is 1.31. The maximum Gasteiger partial charge on any atom is 0.182 e. The lowest BCUT2D eigenvalue weighted by Gasteiger charge is -1.95. The van der Waals surface area contributed by atoms with Crippen LogP contribution in [0.15, 0.2) is 23.1 Å². The summed E-state index contributed by atoms with van der Waals surface area (Å²) in [7, 11) is 0. The molecule has 1 aromatic heterocycles. The van der Waals surface area contributed by atoms with Gasteiger partial charge in [-0.25, -0.2) is 0 Å². The molecular formula is C5H4INO2. The molecule has 0 atom stereocenters. The van der Waals surface area contributed by atoms with Gasteiger partial charge in [0.25, 0.3) is 0 Å². The number of hydrogen-bond donors (Lipinski definition) is 1. The summed E-state index contributed by atoms with van der Waals surface area (Å²) in [6, 6.07) is 2.64. The van der Waals surface area contributed by atoms with E-state index >= 15 is 0 Å². The van der Waals surface area contributed by atoms with Crippen LogP contribution in [-0.4, -0.2) is 9.94 Å². The lowest BCUT2D eigenvalue weighted by atomic mass is 10.5. The van der Waals surface area contributed by atoms with Crippen LogP contribution in [0.5, 0.6) is 0 Å². The Kier molecular flexibility index (Phi) is 1.75. The topological polar surface area (TPSA) is 42.2 Å². The fourth-order valence-electron chi connectivity index (χ4n) is 0.447. The summed E-state index contributed by atoms with van der Waals surface area (Å²) < 4.78 is 1.40. The Labute approximate surface area is 65.0 Å². The third-order valence-corrected chi connectivity index (χ3v) is 1.67. The molecule has 0 aliphatic rings. The first kappa shape index (κ1) is 6.60. The van der Waals surface area contributed by atoms with Crippen molar-refractivity contribution in [3.63, 3.8) is 0 Å². The van der Waals surface area contributed by atoms with Gasteiger partial charge in [0.1, 0.15) is 3.70 Å². The Balaban J connectivity index is 3.34. The first-order valence-electron chi connectivity index (χ1n) is 2.27. The Morgan fingerprint density at radius 3 is 2.78 bits per heavy atom. The van der Waals surface area contributed by atoms with Gasteiger partial charge in [-0.3, -0.25) is 4.79 Å². The minimum atomic E-state index is -0.0929. The summed E-state index contributed by atoms with van der Waals surface area (Å²) >= 11 is 1.86. The van der Waals surface area contributed by atoms with Gasteiger partial charge in [-0.05, 0) is 22.6 Å². The van der Waals surface area contributed by atoms with Crippen LogP contribution in [0.2, 0.25) is 0 Å². The van der Waals surface area contributed by atoms with E-state index in [2.05, 4.69) is 0 Å². The molecule has 0 unspecified atom stereocenters. The monoisotopic (exact) mass is 237 g/mol. The average molecular weight is 237 g/mol. The van der Waals surface area contributed by atoms with E-state index in [1.54, 1.807) is 0 Å². The number of halogens is 1. The van der Waals surface area contributed by atoms with Crippen LogP contribution in [0.3, 0.4) is 0 Å². The van der Waals surface area contributed by atoms with Gasteiger partial charge in [0.05, 0.1) is 0 Å². The Hall–Kier alpha value is -0.520. The van der Waals surface area contributed by atoms with Crippen LogP contribution >= 0.6 is 22.6 Å². The Morgan fingerprint density at radius 2 is 2.33 bits per heavy atom. The fourth-order valence-corrected chi connectivity index (χ4v) is 0.915. The molecule has 1 N–H and O–H groups in total. The molecule has 0 saturated carbocycles. The largest absolute Gasteiger partial charge is 0.428 e. The molecule has 0 bridgehead atoms. The molecule has 3 nitrogen and oxygen atoms in total. The summed E-state index contributed by atoms with van der Waals surface area (Å²) in [4.78, 5) is 10.5. The smallest absolute Gasteiger partial charge is 0.182 e. The highest BCUT2D eigenvalue weighted by molar-refractivity contribution is 14.1. The van der Waals surface area contributed by atoms with Crippen LogP contribution in [-0.2, 0) is 0 Å². The highest BCUT2D eigenvalue weighted by atomic mass is 127. The summed E-state index contributed by atoms with van der Waals surface area (Å²) in [5.41, 5.74) is -0.0929. The Morgan fingerprint density at radius 1 is 1.67 bits per heavy atom. The normalized spacial score (nSPS) is 9.44. The van der Waals surface area contributed by atoms with Crippen molar-refractivity contribution < 1.29 is 5.21 Å². The number of hydrogen-bond acceptors (Lipinski definition) is 2. The second-order valence-electron chi connectivity index (χ2n) is 1.53. The maximum atomic E-state index is 10.5. The highest BCUT2D eigenvalue weighted by Gasteiger charge is 1.90. The van der Waals surface area contributed by atoms with E-state index in [9.17, 15) is 4.79 Å². The first-order valence-corrected chi connectivity index (χ1v) is 3.35. The van der Waals surface area contributed by atoms with Crippen molar-refractivity contribution in [2.75, 3.05) is 0 Å². The molecule has 0 spiro atoms. The predicted octanol–water partition coefficient (Wildman–Crippen LogP) is 0.690. The predicted molar refractivity (Wildman–Crippen MR) is 40.6 cm³/mol. The van der Waals surface area contributed by atoms with Crippen LogP contribution in [0.1, 0.15) is 0 Å². The van der Waals surface area contributed by atoms with Crippen LogP contribution in [0.4, 0.5) is 0 Å². The molecule has 0 fully saturated rings. The van der Waals surface area contributed by atoms with Crippen LogP contribution in [0, 0.1) is 3.70 Å². The third-order valence-electron chi connectivity index (χ3n) is 0.860. The zero-order valence-corrected chi connectivity index (χ0v) is 6.57. The van der Waals surface area contributed by atoms with Crippen molar-refractivity contribution in [1.29, 1.82) is 0 Å². The lowest BCUT2D eigenvalue weighted by Crippen LogP contribution is -2.05. The van der Waals surface area contributed by atoms with Crippen molar-refractivity contribution in [3.05, 3.63) is 32.3 Å². The molecule has 1 rings (SSSR count). The lowest BCUT2D eigenvalue weighted by molar-refractivity contribution is 0.176. The van der Waals surface area contributed by atoms with Gasteiger partial charge in [0.15, 0.2) is 5.43 Å². The van der Waals surface area contributed by atoms with Gasteiger partial charge in [-0.2, -0.15) is 4.73 Å². The van der Waals surface area contributed by atoms with E-state index < -0.39 is 0 Å². The highest BCUT2D eigenvalue weighted by Crippen LogP contribution is 1.96. The number of pyridine rings is 1. The van der Waals surface area contributed by atoms with Gasteiger partial charge < -0.3 is 5.21 Å². The molecular weight excluding hydrogens is 233 g/mol. The molecule has 0 saturated heterocycles. The van der Waals surface area contributed by atoms with Crippen molar-refractivity contribution in [1.82, 2.24) is 4.73 Å². The molecule has 4 heteroatoms. The van der Waals surface area contributed by atoms with E-state index in [4.69, 9.17) is 5.21 Å². The molecule has 1 aromatic rings. The SMILES string of the molecule is O=c1ccn(O)c(I)c1. The molecule has 0 radical (unpaired) electrons. The quantitative estimate of drug-likeness (QED) is 0.409. The minimum Gasteiger partial charge on any atom is -0.428 e. The number of nitrogens with zero attached hydrogens (tertiary/aromatic N) is 1. The number of rotatable bonds is 0. The zero-order chi connectivity index (χ0) is 6.85. The second kappa shape index (κ2) is 2.38. The van der Waals surface area contributed by atoms with Crippen LogP contribution < -0.4 is 5.43 Å². The van der Waals surface area contributed by atoms with Gasteiger partial charge in [-0.15, -0.1) is 0 Å². The molecule has 0 aliphatic carbocycles. The van der Waals surface area contributed by atoms with E-state index in [1.807, 2.05) is 22.6 Å². The molecule has 0 amide bonds. The molecule has 0 aliphatic heterocycles. The van der Waals surface area contributed by atoms with Crippen molar-refractivity contribution in [2.45, 2.75) is 0 Å². The minimum absolute atomic E-state index is 0.0929. The summed E-state index contributed by atoms with van der Waals surface area (Å²) in [5, 5.41) is 8.81. The maximum absolute atomic E-state index is 10.5. The fraction of sp³-hybridized carbons (Fsp3) is 0. The molecule has 0 aromatic carbocycles. The van der Waals surface area contributed by atoms with Gasteiger partial charge >= 0.3 is 0 Å². The van der Waals surface area contributed by atoms with Gasteiger partial charge in [0, 0.05) is 18.3 Å².